The van der Waals surface area contributed by atoms with Crippen molar-refractivity contribution in [3.05, 3.63) is 137 Å². The van der Waals surface area contributed by atoms with Crippen LogP contribution in [-0.4, -0.2) is 20.8 Å². The first-order chi connectivity index (χ1) is 19.5. The first kappa shape index (κ1) is 27.2. The Morgan fingerprint density at radius 3 is 2.12 bits per heavy atom. The number of amides is 2. The summed E-state index contributed by atoms with van der Waals surface area (Å²) < 4.78 is 2.07. The van der Waals surface area contributed by atoms with E-state index in [1.54, 1.807) is 11.8 Å². The van der Waals surface area contributed by atoms with E-state index in [4.69, 9.17) is 0 Å². The van der Waals surface area contributed by atoms with Crippen molar-refractivity contribution in [1.82, 2.24) is 20.1 Å². The van der Waals surface area contributed by atoms with Crippen molar-refractivity contribution in [1.29, 1.82) is 0 Å². The van der Waals surface area contributed by atoms with Crippen LogP contribution < -0.4 is 10.6 Å². The molecule has 0 saturated heterocycles. The third-order valence-corrected chi connectivity index (χ3v) is 7.69. The second kappa shape index (κ2) is 12.7. The predicted octanol–water partition coefficient (Wildman–Crippen LogP) is 7.59. The summed E-state index contributed by atoms with van der Waals surface area (Å²) in [7, 11) is 0. The van der Waals surface area contributed by atoms with Crippen LogP contribution in [0.5, 0.6) is 0 Å². The molecule has 0 aliphatic rings. The average Bonchev–Trinajstić information content (AvgIpc) is 3.38. The maximum atomic E-state index is 13.3. The van der Waals surface area contributed by atoms with Gasteiger partial charge in [0.1, 0.15) is 0 Å². The number of thioether (sulfide) groups is 1. The molecule has 1 heterocycles. The fourth-order valence-electron chi connectivity index (χ4n) is 4.59. The Balaban J connectivity index is 1.50. The van der Waals surface area contributed by atoms with Crippen LogP contribution in [0.25, 0.3) is 5.69 Å². The van der Waals surface area contributed by atoms with E-state index in [1.165, 1.54) is 11.1 Å². The largest absolute Gasteiger partial charge is 0.327 e. The van der Waals surface area contributed by atoms with Gasteiger partial charge in [0.2, 0.25) is 0 Å². The molecule has 0 spiro atoms. The van der Waals surface area contributed by atoms with Crippen LogP contribution in [0.15, 0.2) is 108 Å². The van der Waals surface area contributed by atoms with Crippen LogP contribution in [0.4, 0.5) is 10.5 Å². The van der Waals surface area contributed by atoms with Gasteiger partial charge >= 0.3 is 6.03 Å². The number of rotatable bonds is 9. The lowest BCUT2D eigenvalue weighted by Crippen LogP contribution is -2.35. The van der Waals surface area contributed by atoms with Crippen LogP contribution in [0.3, 0.4) is 0 Å². The number of aryl methyl sites for hydroxylation is 3. The minimum absolute atomic E-state index is 0.287. The zero-order valence-electron chi connectivity index (χ0n) is 23.0. The Labute approximate surface area is 239 Å². The molecule has 4 aromatic carbocycles. The van der Waals surface area contributed by atoms with E-state index in [0.29, 0.717) is 12.2 Å². The highest BCUT2D eigenvalue weighted by atomic mass is 32.2. The van der Waals surface area contributed by atoms with Crippen molar-refractivity contribution in [2.75, 3.05) is 5.32 Å². The van der Waals surface area contributed by atoms with E-state index in [0.717, 1.165) is 39.0 Å². The summed E-state index contributed by atoms with van der Waals surface area (Å²) in [5.74, 6) is 1.44. The summed E-state index contributed by atoms with van der Waals surface area (Å²) in [6.07, 6.45) is 0.564. The number of anilines is 1. The molecule has 0 fully saturated rings. The highest BCUT2D eigenvalue weighted by molar-refractivity contribution is 7.98. The van der Waals surface area contributed by atoms with Crippen molar-refractivity contribution in [2.45, 2.75) is 44.1 Å². The Morgan fingerprint density at radius 2 is 1.45 bits per heavy atom. The second-order valence-electron chi connectivity index (χ2n) is 9.95. The Bertz CT molecular complexity index is 1570. The fourth-order valence-corrected chi connectivity index (χ4v) is 5.50. The van der Waals surface area contributed by atoms with Gasteiger partial charge in [0, 0.05) is 23.5 Å². The van der Waals surface area contributed by atoms with Crippen LogP contribution >= 0.6 is 11.8 Å². The van der Waals surface area contributed by atoms with Gasteiger partial charge in [-0.2, -0.15) is 0 Å². The molecular weight excluding hydrogens is 514 g/mol. The molecule has 5 rings (SSSR count). The molecule has 1 unspecified atom stereocenters. The smallest absolute Gasteiger partial charge is 0.319 e. The minimum atomic E-state index is -0.423. The molecule has 7 heteroatoms. The van der Waals surface area contributed by atoms with E-state index in [-0.39, 0.29) is 6.03 Å². The number of hydrogen-bond donors (Lipinski definition) is 2. The zero-order chi connectivity index (χ0) is 27.9. The number of carbonyl (C=O) groups is 1. The van der Waals surface area contributed by atoms with Gasteiger partial charge in [-0.3, -0.25) is 4.57 Å². The van der Waals surface area contributed by atoms with Gasteiger partial charge < -0.3 is 10.6 Å². The zero-order valence-corrected chi connectivity index (χ0v) is 23.8. The molecule has 40 heavy (non-hydrogen) atoms. The lowest BCUT2D eigenvalue weighted by atomic mass is 10.1. The average molecular weight is 548 g/mol. The van der Waals surface area contributed by atoms with E-state index in [2.05, 4.69) is 86.9 Å². The van der Waals surface area contributed by atoms with Gasteiger partial charge in [-0.1, -0.05) is 108 Å². The molecule has 2 amide bonds. The summed E-state index contributed by atoms with van der Waals surface area (Å²) in [4.78, 5) is 13.3. The fraction of sp³-hybridized carbons (Fsp3) is 0.182. The number of nitrogens with zero attached hydrogens (tertiary/aromatic N) is 3. The third kappa shape index (κ3) is 6.79. The molecule has 0 aliphatic heterocycles. The molecular formula is C33H33N5OS. The van der Waals surface area contributed by atoms with E-state index in [9.17, 15) is 4.79 Å². The number of aromatic nitrogens is 3. The Morgan fingerprint density at radius 1 is 0.800 bits per heavy atom. The van der Waals surface area contributed by atoms with Gasteiger partial charge in [0.05, 0.1) is 6.04 Å². The van der Waals surface area contributed by atoms with Gasteiger partial charge in [0.15, 0.2) is 11.0 Å². The lowest BCUT2D eigenvalue weighted by molar-refractivity contribution is 0.247. The van der Waals surface area contributed by atoms with E-state index < -0.39 is 6.04 Å². The van der Waals surface area contributed by atoms with Crippen LogP contribution in [-0.2, 0) is 12.2 Å². The van der Waals surface area contributed by atoms with Gasteiger partial charge in [-0.25, -0.2) is 4.79 Å². The molecule has 1 atom stereocenters. The predicted molar refractivity (Wildman–Crippen MR) is 163 cm³/mol. The summed E-state index contributed by atoms with van der Waals surface area (Å²) in [5.41, 5.74) is 7.37. The number of benzene rings is 4. The van der Waals surface area contributed by atoms with Crippen molar-refractivity contribution in [3.63, 3.8) is 0 Å². The van der Waals surface area contributed by atoms with E-state index >= 15 is 0 Å². The Kier molecular flexibility index (Phi) is 8.62. The molecule has 202 valence electrons. The van der Waals surface area contributed by atoms with Crippen molar-refractivity contribution < 1.29 is 4.79 Å². The summed E-state index contributed by atoms with van der Waals surface area (Å²) in [6.45, 7) is 6.10. The third-order valence-electron chi connectivity index (χ3n) is 6.69. The molecule has 0 saturated carbocycles. The highest BCUT2D eigenvalue weighted by Gasteiger charge is 2.25. The van der Waals surface area contributed by atoms with Gasteiger partial charge in [-0.05, 0) is 55.7 Å². The highest BCUT2D eigenvalue weighted by Crippen LogP contribution is 2.29. The summed E-state index contributed by atoms with van der Waals surface area (Å²) in [5, 5.41) is 16.3. The standard InChI is InChI=1S/C33H33N5OS/c1-23-14-17-28(18-15-23)38-31(36-37-33(38)40-22-27-12-8-5-9-13-27)30(21-26-10-6-4-7-11-26)35-32(39)34-29-19-16-24(2)20-25(29)3/h4-20,30H,21-22H2,1-3H3,(H2,34,35,39). The number of carbonyl (C=O) groups excluding carboxylic acids is 1. The molecule has 0 aliphatic carbocycles. The SMILES string of the molecule is Cc1ccc(-n2c(SCc3ccccc3)nnc2C(Cc2ccccc2)NC(=O)Nc2ccc(C)cc2C)cc1. The second-order valence-corrected chi connectivity index (χ2v) is 10.9. The van der Waals surface area contributed by atoms with E-state index in [1.807, 2.05) is 62.4 Å². The molecule has 5 aromatic rings. The lowest BCUT2D eigenvalue weighted by Gasteiger charge is -2.21. The van der Waals surface area contributed by atoms with Crippen molar-refractivity contribution in [2.24, 2.45) is 0 Å². The monoisotopic (exact) mass is 547 g/mol. The molecule has 6 nitrogen and oxygen atoms in total. The van der Waals surface area contributed by atoms with Gasteiger partial charge in [0.25, 0.3) is 0 Å². The first-order valence-electron chi connectivity index (χ1n) is 13.3. The van der Waals surface area contributed by atoms with Crippen molar-refractivity contribution in [3.8, 4) is 5.69 Å². The topological polar surface area (TPSA) is 71.8 Å². The van der Waals surface area contributed by atoms with Crippen LogP contribution in [0, 0.1) is 20.8 Å². The maximum absolute atomic E-state index is 13.3. The number of hydrogen-bond acceptors (Lipinski definition) is 4. The summed E-state index contributed by atoms with van der Waals surface area (Å²) >= 11 is 1.63. The maximum Gasteiger partial charge on any atom is 0.319 e. The molecule has 2 N–H and O–H groups in total. The minimum Gasteiger partial charge on any atom is -0.327 e. The first-order valence-corrected chi connectivity index (χ1v) is 14.3. The quantitative estimate of drug-likeness (QED) is 0.187. The van der Waals surface area contributed by atoms with Gasteiger partial charge in [-0.15, -0.1) is 10.2 Å². The number of nitrogens with one attached hydrogen (secondary N) is 2. The van der Waals surface area contributed by atoms with Crippen molar-refractivity contribution >= 4 is 23.5 Å². The number of urea groups is 1. The normalized spacial score (nSPS) is 11.7. The Hall–Kier alpha value is -4.36. The molecule has 0 radical (unpaired) electrons. The molecule has 0 bridgehead atoms. The summed E-state index contributed by atoms with van der Waals surface area (Å²) in [6, 6.07) is 34.0. The van der Waals surface area contributed by atoms with Crippen LogP contribution in [0.2, 0.25) is 0 Å². The van der Waals surface area contributed by atoms with Crippen LogP contribution in [0.1, 0.15) is 39.7 Å². The molecule has 1 aromatic heterocycles.